The molecule has 0 aliphatic carbocycles. The van der Waals surface area contributed by atoms with Gasteiger partial charge in [-0.2, -0.15) is 0 Å². The number of aryl methyl sites for hydroxylation is 1. The van der Waals surface area contributed by atoms with Gasteiger partial charge in [-0.05, 0) is 36.6 Å². The molecule has 0 amide bonds. The van der Waals surface area contributed by atoms with Gasteiger partial charge in [0, 0.05) is 0 Å². The average molecular weight is 285 g/mol. The zero-order valence-electron chi connectivity index (χ0n) is 12.9. The van der Waals surface area contributed by atoms with Gasteiger partial charge in [0.25, 0.3) is 0 Å². The molecule has 0 bridgehead atoms. The molecule has 0 aliphatic rings. The van der Waals surface area contributed by atoms with Crippen molar-refractivity contribution in [1.82, 2.24) is 0 Å². The molecule has 0 aromatic heterocycles. The highest BCUT2D eigenvalue weighted by Gasteiger charge is 2.13. The van der Waals surface area contributed by atoms with Crippen LogP contribution in [0, 0.1) is 12.7 Å². The molecule has 2 rings (SSSR count). The molecule has 0 saturated heterocycles. The first kappa shape index (κ1) is 15.6. The van der Waals surface area contributed by atoms with Gasteiger partial charge in [-0.25, -0.2) is 4.39 Å². The van der Waals surface area contributed by atoms with Crippen molar-refractivity contribution in [3.05, 3.63) is 65.5 Å². The molecule has 0 fully saturated rings. The molecule has 0 heterocycles. The largest absolute Gasteiger partial charge is 0.376 e. The van der Waals surface area contributed by atoms with Crippen molar-refractivity contribution in [2.24, 2.45) is 0 Å². The average Bonchev–Trinajstić information content (AvgIpc) is 2.49. The Morgan fingerprint density at radius 1 is 1.05 bits per heavy atom. The maximum Gasteiger partial charge on any atom is 0.146 e. The van der Waals surface area contributed by atoms with Crippen molar-refractivity contribution in [2.45, 2.75) is 45.6 Å². The van der Waals surface area contributed by atoms with Crippen LogP contribution in [0.15, 0.2) is 48.5 Å². The molecule has 112 valence electrons. The summed E-state index contributed by atoms with van der Waals surface area (Å²) in [5, 5.41) is 3.37. The minimum Gasteiger partial charge on any atom is -0.376 e. The summed E-state index contributed by atoms with van der Waals surface area (Å²) in [5.74, 6) is -0.175. The number of benzene rings is 2. The third-order valence-electron chi connectivity index (χ3n) is 3.75. The maximum atomic E-state index is 14.1. The predicted octanol–water partition coefficient (Wildman–Crippen LogP) is 5.87. The first-order valence-electron chi connectivity index (χ1n) is 7.78. The van der Waals surface area contributed by atoms with Gasteiger partial charge in [0.1, 0.15) is 5.82 Å². The van der Waals surface area contributed by atoms with E-state index in [1.54, 1.807) is 6.07 Å². The van der Waals surface area contributed by atoms with Crippen LogP contribution in [-0.2, 0) is 0 Å². The minimum atomic E-state index is -0.175. The first-order valence-corrected chi connectivity index (χ1v) is 7.78. The Bertz CT molecular complexity index is 551. The lowest BCUT2D eigenvalue weighted by Crippen LogP contribution is -2.12. The summed E-state index contributed by atoms with van der Waals surface area (Å²) in [6.45, 7) is 4.10. The summed E-state index contributed by atoms with van der Waals surface area (Å²) < 4.78 is 14.1. The van der Waals surface area contributed by atoms with Gasteiger partial charge in [0.2, 0.25) is 0 Å². The van der Waals surface area contributed by atoms with Crippen LogP contribution in [0.25, 0.3) is 0 Å². The topological polar surface area (TPSA) is 12.0 Å². The third kappa shape index (κ3) is 4.59. The monoisotopic (exact) mass is 285 g/mol. The minimum absolute atomic E-state index is 0.162. The van der Waals surface area contributed by atoms with E-state index in [0.29, 0.717) is 5.69 Å². The van der Waals surface area contributed by atoms with Gasteiger partial charge in [-0.1, -0.05) is 62.6 Å². The molecule has 1 atom stereocenters. The maximum absolute atomic E-state index is 14.1. The van der Waals surface area contributed by atoms with Gasteiger partial charge in [-0.15, -0.1) is 0 Å². The molecule has 2 heteroatoms. The van der Waals surface area contributed by atoms with Gasteiger partial charge >= 0.3 is 0 Å². The molecule has 21 heavy (non-hydrogen) atoms. The lowest BCUT2D eigenvalue weighted by atomic mass is 10.00. The second kappa shape index (κ2) is 7.82. The second-order valence-corrected chi connectivity index (χ2v) is 5.59. The van der Waals surface area contributed by atoms with Crippen LogP contribution in [0.3, 0.4) is 0 Å². The van der Waals surface area contributed by atoms with Crippen LogP contribution in [0.4, 0.5) is 10.1 Å². The number of unbranched alkanes of at least 4 members (excludes halogenated alkanes) is 2. The molecular formula is C19H24FN. The van der Waals surface area contributed by atoms with E-state index >= 15 is 0 Å². The molecule has 0 spiro atoms. The van der Waals surface area contributed by atoms with E-state index in [1.807, 2.05) is 37.3 Å². The summed E-state index contributed by atoms with van der Waals surface area (Å²) in [6.07, 6.45) is 4.57. The second-order valence-electron chi connectivity index (χ2n) is 5.59. The van der Waals surface area contributed by atoms with Crippen molar-refractivity contribution in [3.63, 3.8) is 0 Å². The van der Waals surface area contributed by atoms with E-state index in [0.717, 1.165) is 18.4 Å². The molecule has 2 aromatic carbocycles. The van der Waals surface area contributed by atoms with E-state index in [9.17, 15) is 4.39 Å². The molecule has 1 N–H and O–H groups in total. The molecule has 1 nitrogen and oxygen atoms in total. The van der Waals surface area contributed by atoms with Gasteiger partial charge in [0.15, 0.2) is 0 Å². The van der Waals surface area contributed by atoms with Gasteiger partial charge < -0.3 is 5.32 Å². The highest BCUT2D eigenvalue weighted by Crippen LogP contribution is 2.26. The Balaban J connectivity index is 2.15. The number of anilines is 1. The van der Waals surface area contributed by atoms with Crippen molar-refractivity contribution >= 4 is 5.69 Å². The van der Waals surface area contributed by atoms with E-state index in [2.05, 4.69) is 24.4 Å². The molecular weight excluding hydrogens is 261 g/mol. The number of rotatable bonds is 7. The lowest BCUT2D eigenvalue weighted by molar-refractivity contribution is 0.592. The molecule has 0 aliphatic heterocycles. The van der Waals surface area contributed by atoms with E-state index in [4.69, 9.17) is 0 Å². The van der Waals surface area contributed by atoms with Gasteiger partial charge in [0.05, 0.1) is 11.7 Å². The fourth-order valence-corrected chi connectivity index (χ4v) is 2.53. The molecule has 2 aromatic rings. The number of hydrogen-bond donors (Lipinski definition) is 1. The smallest absolute Gasteiger partial charge is 0.146 e. The van der Waals surface area contributed by atoms with Crippen molar-refractivity contribution in [1.29, 1.82) is 0 Å². The quantitative estimate of drug-likeness (QED) is 0.627. The molecule has 0 radical (unpaired) electrons. The predicted molar refractivity (Wildman–Crippen MR) is 88.1 cm³/mol. The summed E-state index contributed by atoms with van der Waals surface area (Å²) in [6, 6.07) is 15.8. The zero-order chi connectivity index (χ0) is 15.1. The molecule has 0 saturated carbocycles. The highest BCUT2D eigenvalue weighted by atomic mass is 19.1. The number of hydrogen-bond acceptors (Lipinski definition) is 1. The summed E-state index contributed by atoms with van der Waals surface area (Å²) in [7, 11) is 0. The Hall–Kier alpha value is -1.83. The normalized spacial score (nSPS) is 12.1. The van der Waals surface area contributed by atoms with Crippen LogP contribution in [0.2, 0.25) is 0 Å². The summed E-state index contributed by atoms with van der Waals surface area (Å²) >= 11 is 0. The van der Waals surface area contributed by atoms with Crippen molar-refractivity contribution in [2.75, 3.05) is 5.32 Å². The van der Waals surface area contributed by atoms with Crippen LogP contribution in [0.5, 0.6) is 0 Å². The summed E-state index contributed by atoms with van der Waals surface area (Å²) in [5.41, 5.74) is 2.75. The highest BCUT2D eigenvalue weighted by molar-refractivity contribution is 5.48. The fourth-order valence-electron chi connectivity index (χ4n) is 2.53. The Morgan fingerprint density at radius 2 is 1.81 bits per heavy atom. The van der Waals surface area contributed by atoms with Crippen LogP contribution in [0.1, 0.15) is 49.8 Å². The van der Waals surface area contributed by atoms with Crippen LogP contribution in [-0.4, -0.2) is 0 Å². The number of halogens is 1. The first-order chi connectivity index (χ1) is 10.2. The van der Waals surface area contributed by atoms with E-state index in [1.165, 1.54) is 18.4 Å². The number of nitrogens with one attached hydrogen (secondary N) is 1. The molecule has 1 unspecified atom stereocenters. The van der Waals surface area contributed by atoms with Crippen LogP contribution >= 0.6 is 0 Å². The van der Waals surface area contributed by atoms with E-state index in [-0.39, 0.29) is 11.9 Å². The van der Waals surface area contributed by atoms with E-state index < -0.39 is 0 Å². The SMILES string of the molecule is CCCCCC(Nc1ccc(C)cc1F)c1ccccc1. The summed E-state index contributed by atoms with van der Waals surface area (Å²) in [4.78, 5) is 0. The fraction of sp³-hybridized carbons (Fsp3) is 0.368. The van der Waals surface area contributed by atoms with Crippen LogP contribution < -0.4 is 5.32 Å². The third-order valence-corrected chi connectivity index (χ3v) is 3.75. The van der Waals surface area contributed by atoms with Crippen molar-refractivity contribution < 1.29 is 4.39 Å². The van der Waals surface area contributed by atoms with Gasteiger partial charge in [-0.3, -0.25) is 0 Å². The zero-order valence-corrected chi connectivity index (χ0v) is 12.9. The lowest BCUT2D eigenvalue weighted by Gasteiger charge is -2.21. The van der Waals surface area contributed by atoms with Crippen molar-refractivity contribution in [3.8, 4) is 0 Å². The Labute approximate surface area is 127 Å². The standard InChI is InChI=1S/C19H24FN/c1-3-4-6-11-18(16-9-7-5-8-10-16)21-19-13-12-15(2)14-17(19)20/h5,7-10,12-14,18,21H,3-4,6,11H2,1-2H3. The Morgan fingerprint density at radius 3 is 2.48 bits per heavy atom. The Kier molecular flexibility index (Phi) is 5.79.